The molecule has 0 unspecified atom stereocenters. The third-order valence-electron chi connectivity index (χ3n) is 11.2. The molecule has 13 rings (SSSR count). The molecule has 0 spiro atoms. The number of furan rings is 3. The average molecular weight is 797 g/mol. The summed E-state index contributed by atoms with van der Waals surface area (Å²) in [5.41, 5.74) is 8.31. The number of fused-ring (bicyclic) bond motifs is 11. The van der Waals surface area contributed by atoms with E-state index in [0.29, 0.717) is 16.9 Å². The number of aromatic nitrogens is 2. The van der Waals surface area contributed by atoms with Gasteiger partial charge in [0.2, 0.25) is 0 Å². The smallest absolute Gasteiger partial charge is 0.164 e. The molecule has 0 radical (unpaired) electrons. The van der Waals surface area contributed by atoms with Crippen molar-refractivity contribution in [3.63, 3.8) is 0 Å². The number of hydrogen-bond acceptors (Lipinski definition) is 9. The molecule has 6 aromatic heterocycles. The molecule has 0 atom stereocenters. The van der Waals surface area contributed by atoms with Crippen LogP contribution in [0.2, 0.25) is 0 Å². The minimum atomic E-state index is 0.643. The predicted octanol–water partition coefficient (Wildman–Crippen LogP) is 15.5. The molecule has 9 heteroatoms. The summed E-state index contributed by atoms with van der Waals surface area (Å²) < 4.78 is 21.8. The maximum atomic E-state index is 6.73. The Morgan fingerprint density at radius 1 is 0.356 bits per heavy atom. The van der Waals surface area contributed by atoms with Gasteiger partial charge >= 0.3 is 0 Å². The maximum Gasteiger partial charge on any atom is 0.164 e. The summed E-state index contributed by atoms with van der Waals surface area (Å²) in [5, 5.41) is 19.4. The molecule has 0 N–H and O–H groups in total. The van der Waals surface area contributed by atoms with E-state index >= 15 is 0 Å². The lowest BCUT2D eigenvalue weighted by Crippen LogP contribution is -2.10. The first-order valence-electron chi connectivity index (χ1n) is 19.3. The largest absolute Gasteiger partial charge is 0.456 e. The maximum absolute atomic E-state index is 6.73. The molecule has 6 heterocycles. The van der Waals surface area contributed by atoms with Crippen molar-refractivity contribution >= 4 is 142 Å². The van der Waals surface area contributed by atoms with Crippen LogP contribution in [0.5, 0.6) is 0 Å². The van der Waals surface area contributed by atoms with Gasteiger partial charge in [0.25, 0.3) is 0 Å². The standard InChI is InChI=1S/C50H28N4O3S2/c1-7-15-45-29(9-1)23-48(58-45)53(31-17-20-36-34-11-3-5-13-39(34)55-41(36)25-31)32-19-22-38-43(26-32)57-44-28-47(51-52-50(38)44)54(49-24-30-10-2-8-16-46(30)59-49)33-18-21-37-35-12-4-6-14-40(35)56-42(37)27-33/h1-28H. The van der Waals surface area contributed by atoms with Crippen LogP contribution in [-0.2, 0) is 0 Å². The van der Waals surface area contributed by atoms with Crippen LogP contribution in [0.25, 0.3) is 86.1 Å². The second-order valence-electron chi connectivity index (χ2n) is 14.7. The number of hydrogen-bond donors (Lipinski definition) is 0. The normalized spacial score (nSPS) is 12.1. The van der Waals surface area contributed by atoms with E-state index in [2.05, 4.69) is 137 Å². The van der Waals surface area contributed by atoms with Crippen LogP contribution in [0.3, 0.4) is 0 Å². The topological polar surface area (TPSA) is 71.7 Å². The molecular weight excluding hydrogens is 769 g/mol. The van der Waals surface area contributed by atoms with Crippen molar-refractivity contribution in [1.82, 2.24) is 10.2 Å². The summed E-state index contributed by atoms with van der Waals surface area (Å²) in [4.78, 5) is 4.41. The molecule has 0 saturated carbocycles. The first-order chi connectivity index (χ1) is 29.2. The summed E-state index contributed by atoms with van der Waals surface area (Å²) >= 11 is 3.46. The van der Waals surface area contributed by atoms with E-state index in [4.69, 9.17) is 23.4 Å². The van der Waals surface area contributed by atoms with Gasteiger partial charge in [-0.25, -0.2) is 0 Å². The van der Waals surface area contributed by atoms with E-state index in [1.807, 2.05) is 42.5 Å². The van der Waals surface area contributed by atoms with E-state index < -0.39 is 0 Å². The fraction of sp³-hybridized carbons (Fsp3) is 0. The Kier molecular flexibility index (Phi) is 6.92. The number of benzene rings is 7. The van der Waals surface area contributed by atoms with E-state index in [0.717, 1.165) is 87.3 Å². The van der Waals surface area contributed by atoms with Crippen LogP contribution >= 0.6 is 22.7 Å². The summed E-state index contributed by atoms with van der Waals surface area (Å²) in [6.45, 7) is 0. The van der Waals surface area contributed by atoms with Gasteiger partial charge in [-0.15, -0.1) is 32.9 Å². The third-order valence-corrected chi connectivity index (χ3v) is 13.4. The van der Waals surface area contributed by atoms with Gasteiger partial charge < -0.3 is 18.2 Å². The Bertz CT molecular complexity index is 3480. The van der Waals surface area contributed by atoms with Crippen LogP contribution < -0.4 is 9.80 Å². The molecule has 0 saturated heterocycles. The van der Waals surface area contributed by atoms with Crippen LogP contribution in [0.15, 0.2) is 183 Å². The molecule has 59 heavy (non-hydrogen) atoms. The highest BCUT2D eigenvalue weighted by Gasteiger charge is 2.23. The lowest BCUT2D eigenvalue weighted by Gasteiger charge is -2.23. The molecule has 0 amide bonds. The fourth-order valence-electron chi connectivity index (χ4n) is 8.43. The zero-order valence-corrected chi connectivity index (χ0v) is 32.6. The Balaban J connectivity index is 0.959. The van der Waals surface area contributed by atoms with Crippen molar-refractivity contribution < 1.29 is 13.3 Å². The van der Waals surface area contributed by atoms with Crippen LogP contribution in [0.1, 0.15) is 0 Å². The van der Waals surface area contributed by atoms with Gasteiger partial charge in [0, 0.05) is 60.6 Å². The number of rotatable bonds is 6. The minimum absolute atomic E-state index is 0.643. The number of para-hydroxylation sites is 2. The number of anilines is 6. The third kappa shape index (κ3) is 5.12. The average Bonchev–Trinajstić information content (AvgIpc) is 4.10. The van der Waals surface area contributed by atoms with Crippen LogP contribution in [0, 0.1) is 0 Å². The van der Waals surface area contributed by atoms with Gasteiger partial charge in [-0.1, -0.05) is 72.8 Å². The summed E-state index contributed by atoms with van der Waals surface area (Å²) in [6.07, 6.45) is 0. The Labute approximate surface area is 343 Å². The first kappa shape index (κ1) is 32.6. The van der Waals surface area contributed by atoms with Gasteiger partial charge in [-0.05, 0) is 83.6 Å². The van der Waals surface area contributed by atoms with Crippen molar-refractivity contribution in [2.75, 3.05) is 9.80 Å². The van der Waals surface area contributed by atoms with Gasteiger partial charge in [-0.3, -0.25) is 4.90 Å². The SMILES string of the molecule is c1ccc2sc(N(c3ccc4c(c3)oc3ccccc34)c3ccc4c(c3)oc3cc(N(c5ccc6c(c5)oc5ccccc56)c5cc6ccccc6s5)nnc34)cc2c1. The van der Waals surface area contributed by atoms with Gasteiger partial charge in [0.1, 0.15) is 43.4 Å². The van der Waals surface area contributed by atoms with Crippen molar-refractivity contribution in [1.29, 1.82) is 0 Å². The van der Waals surface area contributed by atoms with E-state index in [9.17, 15) is 0 Å². The molecule has 7 nitrogen and oxygen atoms in total. The van der Waals surface area contributed by atoms with E-state index in [-0.39, 0.29) is 0 Å². The molecule has 0 aliphatic rings. The predicted molar refractivity (Wildman–Crippen MR) is 244 cm³/mol. The van der Waals surface area contributed by atoms with Crippen molar-refractivity contribution in [3.8, 4) is 0 Å². The van der Waals surface area contributed by atoms with Gasteiger partial charge in [0.05, 0.1) is 17.1 Å². The second kappa shape index (κ2) is 12.5. The highest BCUT2D eigenvalue weighted by Crippen LogP contribution is 2.46. The second-order valence-corrected chi connectivity index (χ2v) is 16.8. The zero-order valence-electron chi connectivity index (χ0n) is 31.0. The van der Waals surface area contributed by atoms with E-state index in [1.54, 1.807) is 22.7 Å². The van der Waals surface area contributed by atoms with Crippen molar-refractivity contribution in [2.24, 2.45) is 0 Å². The van der Waals surface area contributed by atoms with E-state index in [1.165, 1.54) is 14.8 Å². The van der Waals surface area contributed by atoms with Gasteiger partial charge in [0.15, 0.2) is 11.4 Å². The van der Waals surface area contributed by atoms with Crippen LogP contribution in [-0.4, -0.2) is 10.2 Å². The first-order valence-corrected chi connectivity index (χ1v) is 20.9. The Morgan fingerprint density at radius 3 is 1.41 bits per heavy atom. The zero-order chi connectivity index (χ0) is 38.6. The summed E-state index contributed by atoms with van der Waals surface area (Å²) in [7, 11) is 0. The minimum Gasteiger partial charge on any atom is -0.456 e. The molecule has 278 valence electrons. The number of thiophene rings is 2. The quantitative estimate of drug-likeness (QED) is 0.166. The lowest BCUT2D eigenvalue weighted by atomic mass is 10.1. The highest BCUT2D eigenvalue weighted by molar-refractivity contribution is 7.23. The monoisotopic (exact) mass is 796 g/mol. The fourth-order valence-corrected chi connectivity index (χ4v) is 10.6. The van der Waals surface area contributed by atoms with Crippen LogP contribution in [0.4, 0.5) is 32.9 Å². The van der Waals surface area contributed by atoms with Crippen molar-refractivity contribution in [3.05, 3.63) is 170 Å². The summed E-state index contributed by atoms with van der Waals surface area (Å²) in [5.74, 6) is 0.643. The lowest BCUT2D eigenvalue weighted by molar-refractivity contribution is 0.667. The number of nitrogens with zero attached hydrogens (tertiary/aromatic N) is 4. The molecule has 0 aliphatic heterocycles. The molecule has 7 aromatic carbocycles. The molecule has 0 fully saturated rings. The Hall–Kier alpha value is -7.46. The Morgan fingerprint density at radius 2 is 0.814 bits per heavy atom. The van der Waals surface area contributed by atoms with Crippen molar-refractivity contribution in [2.45, 2.75) is 0 Å². The molecule has 13 aromatic rings. The molecule has 0 aliphatic carbocycles. The summed E-state index contributed by atoms with van der Waals surface area (Å²) in [6, 6.07) is 58.8. The highest BCUT2D eigenvalue weighted by atomic mass is 32.1. The molecular formula is C50H28N4O3S2. The molecule has 0 bridgehead atoms. The van der Waals surface area contributed by atoms with Gasteiger partial charge in [-0.2, -0.15) is 0 Å².